The molecule has 0 aliphatic carbocycles. The van der Waals surface area contributed by atoms with Crippen LogP contribution in [0.4, 0.5) is 0 Å². The highest BCUT2D eigenvalue weighted by Gasteiger charge is 2.18. The number of aryl methyl sites for hydroxylation is 2. The van der Waals surface area contributed by atoms with E-state index in [0.717, 1.165) is 21.1 Å². The Labute approximate surface area is 126 Å². The van der Waals surface area contributed by atoms with Gasteiger partial charge < -0.3 is 0 Å². The fraction of sp³-hybridized carbons (Fsp3) is 0.308. The van der Waals surface area contributed by atoms with Crippen molar-refractivity contribution in [1.29, 1.82) is 0 Å². The van der Waals surface area contributed by atoms with E-state index in [4.69, 9.17) is 29.0 Å². The van der Waals surface area contributed by atoms with Crippen molar-refractivity contribution in [3.8, 4) is 0 Å². The second-order valence-electron chi connectivity index (χ2n) is 4.34. The number of nitrogens with two attached hydrogens (primary N) is 1. The molecule has 3 nitrogen and oxygen atoms in total. The average Bonchev–Trinajstić information content (AvgIpc) is 2.69. The van der Waals surface area contributed by atoms with Gasteiger partial charge in [0.05, 0.1) is 16.7 Å². The van der Waals surface area contributed by atoms with Crippen LogP contribution < -0.4 is 11.3 Å². The van der Waals surface area contributed by atoms with Gasteiger partial charge in [-0.3, -0.25) is 11.3 Å². The smallest absolute Gasteiger partial charge is 0.0900 e. The van der Waals surface area contributed by atoms with Crippen molar-refractivity contribution in [2.45, 2.75) is 26.3 Å². The first-order valence-corrected chi connectivity index (χ1v) is 7.42. The highest BCUT2D eigenvalue weighted by atomic mass is 35.5. The lowest BCUT2D eigenvalue weighted by atomic mass is 10.0. The summed E-state index contributed by atoms with van der Waals surface area (Å²) in [5, 5.41) is 2.40. The van der Waals surface area contributed by atoms with Crippen LogP contribution in [-0.4, -0.2) is 4.98 Å². The number of hydrogen-bond donors (Lipinski definition) is 2. The summed E-state index contributed by atoms with van der Waals surface area (Å²) >= 11 is 13.8. The Hall–Kier alpha value is -0.650. The molecular weight excluding hydrogens is 301 g/mol. The van der Waals surface area contributed by atoms with Gasteiger partial charge in [0.25, 0.3) is 0 Å². The van der Waals surface area contributed by atoms with Gasteiger partial charge in [-0.2, -0.15) is 0 Å². The highest BCUT2D eigenvalue weighted by molar-refractivity contribution is 7.11. The van der Waals surface area contributed by atoms with Crippen LogP contribution in [0.3, 0.4) is 0 Å². The van der Waals surface area contributed by atoms with Gasteiger partial charge in [0.1, 0.15) is 0 Å². The average molecular weight is 316 g/mol. The first-order chi connectivity index (χ1) is 9.01. The van der Waals surface area contributed by atoms with Crippen molar-refractivity contribution in [1.82, 2.24) is 10.4 Å². The molecule has 0 fully saturated rings. The second kappa shape index (κ2) is 6.20. The van der Waals surface area contributed by atoms with Gasteiger partial charge in [0.15, 0.2) is 0 Å². The predicted octanol–water partition coefficient (Wildman–Crippen LogP) is 3.81. The molecule has 3 N–H and O–H groups in total. The summed E-state index contributed by atoms with van der Waals surface area (Å²) in [7, 11) is 0. The molecular formula is C13H15Cl2N3S. The zero-order chi connectivity index (χ0) is 14.0. The second-order valence-corrected chi connectivity index (χ2v) is 6.42. The number of benzene rings is 1. The zero-order valence-electron chi connectivity index (χ0n) is 10.7. The SMILES string of the molecule is Cc1nc(C)c(C(Cc2cc(Cl)ccc2Cl)NN)s1. The Kier molecular flexibility index (Phi) is 4.81. The maximum Gasteiger partial charge on any atom is 0.0900 e. The third-order valence-corrected chi connectivity index (χ3v) is 4.68. The summed E-state index contributed by atoms with van der Waals surface area (Å²) in [6.07, 6.45) is 0.679. The summed E-state index contributed by atoms with van der Waals surface area (Å²) in [5.41, 5.74) is 4.81. The molecule has 0 aliphatic rings. The van der Waals surface area contributed by atoms with Crippen LogP contribution in [0.5, 0.6) is 0 Å². The molecule has 1 aromatic carbocycles. The minimum absolute atomic E-state index is 0.0119. The Bertz CT molecular complexity index is 583. The zero-order valence-corrected chi connectivity index (χ0v) is 13.0. The van der Waals surface area contributed by atoms with E-state index in [1.54, 1.807) is 23.5 Å². The summed E-state index contributed by atoms with van der Waals surface area (Å²) < 4.78 is 0. The maximum atomic E-state index is 6.19. The van der Waals surface area contributed by atoms with Gasteiger partial charge in [0, 0.05) is 14.9 Å². The van der Waals surface area contributed by atoms with E-state index in [0.29, 0.717) is 16.5 Å². The van der Waals surface area contributed by atoms with Crippen molar-refractivity contribution < 1.29 is 0 Å². The van der Waals surface area contributed by atoms with Gasteiger partial charge in [-0.05, 0) is 44.0 Å². The van der Waals surface area contributed by atoms with Crippen molar-refractivity contribution in [2.75, 3.05) is 0 Å². The molecule has 2 aromatic rings. The van der Waals surface area contributed by atoms with Gasteiger partial charge in [-0.1, -0.05) is 23.2 Å². The molecule has 0 spiro atoms. The van der Waals surface area contributed by atoms with E-state index in [2.05, 4.69) is 10.4 Å². The molecule has 6 heteroatoms. The molecule has 0 bridgehead atoms. The normalized spacial score (nSPS) is 12.7. The number of aromatic nitrogens is 1. The fourth-order valence-corrected chi connectivity index (χ4v) is 3.39. The molecule has 0 saturated heterocycles. The van der Waals surface area contributed by atoms with Crippen molar-refractivity contribution in [3.05, 3.63) is 49.4 Å². The Morgan fingerprint density at radius 1 is 1.37 bits per heavy atom. The number of thiazole rings is 1. The molecule has 19 heavy (non-hydrogen) atoms. The van der Waals surface area contributed by atoms with Crippen molar-refractivity contribution in [3.63, 3.8) is 0 Å². The summed E-state index contributed by atoms with van der Waals surface area (Å²) in [6.45, 7) is 3.98. The van der Waals surface area contributed by atoms with Crippen LogP contribution in [0, 0.1) is 13.8 Å². The molecule has 0 radical (unpaired) electrons. The highest BCUT2D eigenvalue weighted by Crippen LogP contribution is 2.30. The Balaban J connectivity index is 2.29. The third-order valence-electron chi connectivity index (χ3n) is 2.89. The monoisotopic (exact) mass is 315 g/mol. The van der Waals surface area contributed by atoms with Crippen LogP contribution in [0.2, 0.25) is 10.0 Å². The number of hydrazine groups is 1. The first-order valence-electron chi connectivity index (χ1n) is 5.85. The molecule has 1 unspecified atom stereocenters. The van der Waals surface area contributed by atoms with E-state index in [-0.39, 0.29) is 6.04 Å². The van der Waals surface area contributed by atoms with E-state index in [1.165, 1.54) is 0 Å². The number of rotatable bonds is 4. The van der Waals surface area contributed by atoms with E-state index in [9.17, 15) is 0 Å². The largest absolute Gasteiger partial charge is 0.271 e. The van der Waals surface area contributed by atoms with Gasteiger partial charge in [0.2, 0.25) is 0 Å². The van der Waals surface area contributed by atoms with E-state index in [1.807, 2.05) is 19.9 Å². The van der Waals surface area contributed by atoms with Crippen LogP contribution in [0.25, 0.3) is 0 Å². The molecule has 102 valence electrons. The minimum atomic E-state index is -0.0119. The van der Waals surface area contributed by atoms with Crippen LogP contribution >= 0.6 is 34.5 Å². The molecule has 1 aromatic heterocycles. The van der Waals surface area contributed by atoms with E-state index >= 15 is 0 Å². The maximum absolute atomic E-state index is 6.19. The van der Waals surface area contributed by atoms with Crippen molar-refractivity contribution in [2.24, 2.45) is 5.84 Å². The molecule has 0 aliphatic heterocycles. The van der Waals surface area contributed by atoms with Gasteiger partial charge in [-0.15, -0.1) is 11.3 Å². The lowest BCUT2D eigenvalue weighted by Gasteiger charge is -2.16. The lowest BCUT2D eigenvalue weighted by molar-refractivity contribution is 0.557. The number of nitrogens with zero attached hydrogens (tertiary/aromatic N) is 1. The summed E-state index contributed by atoms with van der Waals surface area (Å²) in [4.78, 5) is 5.56. The number of halogens is 2. The molecule has 0 amide bonds. The third kappa shape index (κ3) is 3.46. The quantitative estimate of drug-likeness (QED) is 0.666. The number of hydrogen-bond acceptors (Lipinski definition) is 4. The van der Waals surface area contributed by atoms with Crippen LogP contribution in [0.15, 0.2) is 18.2 Å². The lowest BCUT2D eigenvalue weighted by Crippen LogP contribution is -2.29. The molecule has 0 saturated carbocycles. The molecule has 1 atom stereocenters. The summed E-state index contributed by atoms with van der Waals surface area (Å²) in [5.74, 6) is 5.67. The fourth-order valence-electron chi connectivity index (χ4n) is 2.02. The van der Waals surface area contributed by atoms with Gasteiger partial charge in [-0.25, -0.2) is 4.98 Å². The Morgan fingerprint density at radius 2 is 2.11 bits per heavy atom. The van der Waals surface area contributed by atoms with Crippen LogP contribution in [-0.2, 0) is 6.42 Å². The molecule has 1 heterocycles. The topological polar surface area (TPSA) is 50.9 Å². The first kappa shape index (κ1) is 14.8. The Morgan fingerprint density at radius 3 is 2.68 bits per heavy atom. The standard InChI is InChI=1S/C13H15Cl2N3S/c1-7-13(19-8(2)17-7)12(18-16)6-9-5-10(14)3-4-11(9)15/h3-5,12,18H,6,16H2,1-2H3. The predicted molar refractivity (Wildman–Crippen MR) is 81.8 cm³/mol. The molecule has 2 rings (SSSR count). The van der Waals surface area contributed by atoms with Crippen LogP contribution in [0.1, 0.15) is 27.2 Å². The minimum Gasteiger partial charge on any atom is -0.271 e. The summed E-state index contributed by atoms with van der Waals surface area (Å²) in [6, 6.07) is 5.44. The van der Waals surface area contributed by atoms with E-state index < -0.39 is 0 Å². The number of nitrogens with one attached hydrogen (secondary N) is 1. The van der Waals surface area contributed by atoms with Gasteiger partial charge >= 0.3 is 0 Å². The van der Waals surface area contributed by atoms with Crippen molar-refractivity contribution >= 4 is 34.5 Å².